The number of hydrogen-bond donors (Lipinski definition) is 2. The molecule has 0 bridgehead atoms. The highest BCUT2D eigenvalue weighted by Crippen LogP contribution is 2.09. The molecule has 0 saturated carbocycles. The van der Waals surface area contributed by atoms with Crippen LogP contribution in [-0.4, -0.2) is 49.4 Å². The van der Waals surface area contributed by atoms with Gasteiger partial charge in [-0.05, 0) is 19.1 Å². The van der Waals surface area contributed by atoms with Gasteiger partial charge in [-0.2, -0.15) is 0 Å². The van der Waals surface area contributed by atoms with Crippen LogP contribution < -0.4 is 10.6 Å². The molecule has 1 heterocycles. The first-order chi connectivity index (χ1) is 9.58. The lowest BCUT2D eigenvalue weighted by atomic mass is 10.1. The van der Waals surface area contributed by atoms with E-state index in [2.05, 4.69) is 10.6 Å². The second-order valence-electron chi connectivity index (χ2n) is 4.80. The number of carbonyl (C=O) groups excluding carboxylic acids is 2. The standard InChI is InChI=1S/C14H18FN3O2/c1-10-2-3-12(15)11(8-10)14(20)17-9-13(19)18-6-4-16-5-7-18/h2-3,8,16H,4-7,9H2,1H3,(H,17,20). The van der Waals surface area contributed by atoms with Crippen LogP contribution in [0.3, 0.4) is 0 Å². The van der Waals surface area contributed by atoms with E-state index >= 15 is 0 Å². The Labute approximate surface area is 117 Å². The van der Waals surface area contributed by atoms with Gasteiger partial charge in [-0.15, -0.1) is 0 Å². The van der Waals surface area contributed by atoms with Crippen molar-refractivity contribution < 1.29 is 14.0 Å². The zero-order valence-electron chi connectivity index (χ0n) is 11.4. The summed E-state index contributed by atoms with van der Waals surface area (Å²) in [7, 11) is 0. The van der Waals surface area contributed by atoms with Gasteiger partial charge in [0.15, 0.2) is 0 Å². The second-order valence-corrected chi connectivity index (χ2v) is 4.80. The van der Waals surface area contributed by atoms with Crippen LogP contribution >= 0.6 is 0 Å². The molecule has 1 aromatic rings. The maximum Gasteiger partial charge on any atom is 0.254 e. The van der Waals surface area contributed by atoms with Gasteiger partial charge >= 0.3 is 0 Å². The van der Waals surface area contributed by atoms with Crippen LogP contribution in [0.4, 0.5) is 4.39 Å². The SMILES string of the molecule is Cc1ccc(F)c(C(=O)NCC(=O)N2CCNCC2)c1. The molecule has 5 nitrogen and oxygen atoms in total. The van der Waals surface area contributed by atoms with Gasteiger partial charge < -0.3 is 15.5 Å². The van der Waals surface area contributed by atoms with E-state index in [0.717, 1.165) is 18.7 Å². The van der Waals surface area contributed by atoms with Gasteiger partial charge in [-0.1, -0.05) is 11.6 Å². The summed E-state index contributed by atoms with van der Waals surface area (Å²) in [4.78, 5) is 25.4. The van der Waals surface area contributed by atoms with Gasteiger partial charge in [0.1, 0.15) is 5.82 Å². The Morgan fingerprint density at radius 2 is 2.05 bits per heavy atom. The Kier molecular flexibility index (Phi) is 4.68. The average Bonchev–Trinajstić information content (AvgIpc) is 2.47. The van der Waals surface area contributed by atoms with Crippen molar-refractivity contribution in [3.63, 3.8) is 0 Å². The van der Waals surface area contributed by atoms with Crippen LogP contribution in [0, 0.1) is 12.7 Å². The van der Waals surface area contributed by atoms with Crippen molar-refractivity contribution in [3.05, 3.63) is 35.1 Å². The lowest BCUT2D eigenvalue weighted by Gasteiger charge is -2.27. The normalized spacial score (nSPS) is 15.0. The number of rotatable bonds is 3. The highest BCUT2D eigenvalue weighted by atomic mass is 19.1. The summed E-state index contributed by atoms with van der Waals surface area (Å²) in [6, 6.07) is 4.32. The third kappa shape index (κ3) is 3.54. The number of amides is 2. The number of piperazine rings is 1. The molecule has 1 aliphatic heterocycles. The fourth-order valence-electron chi connectivity index (χ4n) is 2.09. The first-order valence-electron chi connectivity index (χ1n) is 6.61. The van der Waals surface area contributed by atoms with Gasteiger partial charge in [0.2, 0.25) is 5.91 Å². The summed E-state index contributed by atoms with van der Waals surface area (Å²) in [6.45, 7) is 4.45. The molecule has 2 N–H and O–H groups in total. The smallest absolute Gasteiger partial charge is 0.254 e. The van der Waals surface area contributed by atoms with Gasteiger partial charge in [-0.3, -0.25) is 9.59 Å². The van der Waals surface area contributed by atoms with Crippen molar-refractivity contribution in [2.75, 3.05) is 32.7 Å². The summed E-state index contributed by atoms with van der Waals surface area (Å²) >= 11 is 0. The molecule has 20 heavy (non-hydrogen) atoms. The molecule has 1 fully saturated rings. The van der Waals surface area contributed by atoms with E-state index < -0.39 is 11.7 Å². The molecule has 2 rings (SSSR count). The van der Waals surface area contributed by atoms with E-state index in [4.69, 9.17) is 0 Å². The Morgan fingerprint density at radius 3 is 2.75 bits per heavy atom. The molecule has 1 saturated heterocycles. The quantitative estimate of drug-likeness (QED) is 0.836. The van der Waals surface area contributed by atoms with E-state index in [1.165, 1.54) is 12.1 Å². The molecule has 108 valence electrons. The summed E-state index contributed by atoms with van der Waals surface area (Å²) in [5.41, 5.74) is 0.767. The predicted octanol–water partition coefficient (Wildman–Crippen LogP) is 0.296. The number of benzene rings is 1. The molecule has 1 aliphatic rings. The number of halogens is 1. The number of aryl methyl sites for hydroxylation is 1. The number of nitrogens with one attached hydrogen (secondary N) is 2. The van der Waals surface area contributed by atoms with Crippen LogP contribution in [0.5, 0.6) is 0 Å². The molecule has 0 atom stereocenters. The molecule has 6 heteroatoms. The lowest BCUT2D eigenvalue weighted by molar-refractivity contribution is -0.130. The minimum absolute atomic E-state index is 0.0295. The molecule has 0 unspecified atom stereocenters. The molecule has 0 aromatic heterocycles. The first-order valence-corrected chi connectivity index (χ1v) is 6.61. The summed E-state index contributed by atoms with van der Waals surface area (Å²) < 4.78 is 13.5. The third-order valence-corrected chi connectivity index (χ3v) is 3.24. The lowest BCUT2D eigenvalue weighted by Crippen LogP contribution is -2.49. The zero-order valence-corrected chi connectivity index (χ0v) is 11.4. The van der Waals surface area contributed by atoms with E-state index in [9.17, 15) is 14.0 Å². The van der Waals surface area contributed by atoms with Crippen molar-refractivity contribution in [1.29, 1.82) is 0 Å². The molecule has 0 spiro atoms. The topological polar surface area (TPSA) is 61.4 Å². The van der Waals surface area contributed by atoms with Crippen molar-refractivity contribution in [1.82, 2.24) is 15.5 Å². The van der Waals surface area contributed by atoms with E-state index in [1.54, 1.807) is 17.9 Å². The largest absolute Gasteiger partial charge is 0.343 e. The number of carbonyl (C=O) groups is 2. The van der Waals surface area contributed by atoms with Gasteiger partial charge in [0, 0.05) is 26.2 Å². The summed E-state index contributed by atoms with van der Waals surface area (Å²) in [6.07, 6.45) is 0. The predicted molar refractivity (Wildman–Crippen MR) is 72.9 cm³/mol. The van der Waals surface area contributed by atoms with Crippen molar-refractivity contribution in [3.8, 4) is 0 Å². The zero-order chi connectivity index (χ0) is 14.5. The first kappa shape index (κ1) is 14.5. The number of nitrogens with zero attached hydrogens (tertiary/aromatic N) is 1. The Bertz CT molecular complexity index is 513. The van der Waals surface area contributed by atoms with Crippen molar-refractivity contribution in [2.24, 2.45) is 0 Å². The highest BCUT2D eigenvalue weighted by Gasteiger charge is 2.18. The fourth-order valence-corrected chi connectivity index (χ4v) is 2.09. The molecule has 1 aromatic carbocycles. The third-order valence-electron chi connectivity index (χ3n) is 3.24. The van der Waals surface area contributed by atoms with Gasteiger partial charge in [0.05, 0.1) is 12.1 Å². The van der Waals surface area contributed by atoms with Crippen LogP contribution in [0.15, 0.2) is 18.2 Å². The molecular weight excluding hydrogens is 261 g/mol. The Balaban J connectivity index is 1.91. The number of hydrogen-bond acceptors (Lipinski definition) is 3. The monoisotopic (exact) mass is 279 g/mol. The molecule has 0 aliphatic carbocycles. The van der Waals surface area contributed by atoms with Crippen LogP contribution in [0.1, 0.15) is 15.9 Å². The van der Waals surface area contributed by atoms with Crippen LogP contribution in [0.25, 0.3) is 0 Å². The van der Waals surface area contributed by atoms with E-state index in [1.807, 2.05) is 0 Å². The van der Waals surface area contributed by atoms with Crippen molar-refractivity contribution >= 4 is 11.8 Å². The maximum absolute atomic E-state index is 13.5. The Morgan fingerprint density at radius 1 is 1.35 bits per heavy atom. The van der Waals surface area contributed by atoms with Crippen LogP contribution in [0.2, 0.25) is 0 Å². The van der Waals surface area contributed by atoms with E-state index in [0.29, 0.717) is 13.1 Å². The molecular formula is C14H18FN3O2. The summed E-state index contributed by atoms with van der Waals surface area (Å²) in [5, 5.41) is 5.62. The molecule has 0 radical (unpaired) electrons. The Hall–Kier alpha value is -1.95. The van der Waals surface area contributed by atoms with Gasteiger partial charge in [0.25, 0.3) is 5.91 Å². The van der Waals surface area contributed by atoms with Crippen molar-refractivity contribution in [2.45, 2.75) is 6.92 Å². The highest BCUT2D eigenvalue weighted by molar-refractivity contribution is 5.96. The minimum Gasteiger partial charge on any atom is -0.343 e. The minimum atomic E-state index is -0.581. The van der Waals surface area contributed by atoms with Gasteiger partial charge in [-0.25, -0.2) is 4.39 Å². The molecule has 2 amide bonds. The average molecular weight is 279 g/mol. The fraction of sp³-hybridized carbons (Fsp3) is 0.429. The second kappa shape index (κ2) is 6.47. The maximum atomic E-state index is 13.5. The summed E-state index contributed by atoms with van der Waals surface area (Å²) in [5.74, 6) is -1.29. The van der Waals surface area contributed by atoms with E-state index in [-0.39, 0.29) is 18.0 Å². The van der Waals surface area contributed by atoms with Crippen LogP contribution in [-0.2, 0) is 4.79 Å².